The van der Waals surface area contributed by atoms with Crippen LogP contribution in [0.2, 0.25) is 0 Å². The molecule has 0 bridgehead atoms. The molecule has 2 aromatic rings. The second-order valence-corrected chi connectivity index (χ2v) is 4.35. The molecule has 1 aromatic heterocycles. The fraction of sp³-hybridized carbons (Fsp3) is 0.200. The van der Waals surface area contributed by atoms with Crippen LogP contribution in [0.15, 0.2) is 36.5 Å². The van der Waals surface area contributed by atoms with E-state index in [1.807, 2.05) is 12.1 Å². The third-order valence-electron chi connectivity index (χ3n) is 2.95. The molecule has 0 aliphatic rings. The average molecular weight is 287 g/mol. The van der Waals surface area contributed by atoms with Crippen molar-refractivity contribution in [2.45, 2.75) is 6.54 Å². The van der Waals surface area contributed by atoms with E-state index in [1.54, 1.807) is 31.5 Å². The Hall–Kier alpha value is -2.76. The lowest BCUT2D eigenvalue weighted by Gasteiger charge is -2.11. The van der Waals surface area contributed by atoms with Gasteiger partial charge in [-0.3, -0.25) is 0 Å². The number of pyridine rings is 1. The zero-order valence-corrected chi connectivity index (χ0v) is 11.9. The first-order valence-corrected chi connectivity index (χ1v) is 6.34. The zero-order chi connectivity index (χ0) is 15.2. The van der Waals surface area contributed by atoms with Crippen molar-refractivity contribution in [2.75, 3.05) is 25.3 Å². The second kappa shape index (κ2) is 6.60. The van der Waals surface area contributed by atoms with Crippen molar-refractivity contribution in [3.8, 4) is 5.75 Å². The zero-order valence-electron chi connectivity index (χ0n) is 11.9. The predicted octanol–water partition coefficient (Wildman–Crippen LogP) is 2.07. The van der Waals surface area contributed by atoms with Crippen molar-refractivity contribution in [1.82, 2.24) is 4.98 Å². The van der Waals surface area contributed by atoms with Crippen molar-refractivity contribution < 1.29 is 14.3 Å². The molecule has 0 aliphatic carbocycles. The third-order valence-corrected chi connectivity index (χ3v) is 2.95. The molecule has 0 fully saturated rings. The minimum atomic E-state index is -0.401. The van der Waals surface area contributed by atoms with Crippen molar-refractivity contribution in [3.63, 3.8) is 0 Å². The number of nitrogen functional groups attached to an aromatic ring is 1. The number of ether oxygens (including phenoxy) is 2. The lowest BCUT2D eigenvalue weighted by atomic mass is 10.1. The summed E-state index contributed by atoms with van der Waals surface area (Å²) in [5, 5.41) is 3.13. The van der Waals surface area contributed by atoms with Crippen LogP contribution in [0.5, 0.6) is 5.75 Å². The molecule has 0 aliphatic heterocycles. The largest absolute Gasteiger partial charge is 0.496 e. The van der Waals surface area contributed by atoms with Gasteiger partial charge in [-0.25, -0.2) is 9.78 Å². The summed E-state index contributed by atoms with van der Waals surface area (Å²) in [6.07, 6.45) is 1.55. The molecule has 0 saturated heterocycles. The number of hydrogen-bond acceptors (Lipinski definition) is 6. The normalized spacial score (nSPS) is 10.0. The number of nitrogens with zero attached hydrogens (tertiary/aromatic N) is 1. The number of rotatable bonds is 5. The van der Waals surface area contributed by atoms with Crippen LogP contribution < -0.4 is 15.8 Å². The van der Waals surface area contributed by atoms with Gasteiger partial charge in [0, 0.05) is 24.0 Å². The van der Waals surface area contributed by atoms with Crippen molar-refractivity contribution in [3.05, 3.63) is 47.7 Å². The molecule has 1 aromatic carbocycles. The Balaban J connectivity index is 2.13. The maximum Gasteiger partial charge on any atom is 0.338 e. The van der Waals surface area contributed by atoms with E-state index in [0.29, 0.717) is 23.6 Å². The molecule has 0 spiro atoms. The number of carbonyl (C=O) groups is 1. The van der Waals surface area contributed by atoms with Gasteiger partial charge >= 0.3 is 5.97 Å². The fourth-order valence-corrected chi connectivity index (χ4v) is 1.89. The maximum absolute atomic E-state index is 11.5. The van der Waals surface area contributed by atoms with E-state index in [0.717, 1.165) is 11.3 Å². The van der Waals surface area contributed by atoms with Gasteiger partial charge in [0.25, 0.3) is 0 Å². The molecule has 0 radical (unpaired) electrons. The number of methoxy groups -OCH3 is 2. The molecule has 0 atom stereocenters. The number of hydrogen-bond donors (Lipinski definition) is 2. The Morgan fingerprint density at radius 1 is 1.29 bits per heavy atom. The number of carbonyl (C=O) groups excluding carboxylic acids is 1. The number of nitrogens with one attached hydrogen (secondary N) is 1. The SMILES string of the molecule is COC(=O)c1ccnc(NCc2cc(N)ccc2OC)c1. The summed E-state index contributed by atoms with van der Waals surface area (Å²) in [5.74, 6) is 0.908. The highest BCUT2D eigenvalue weighted by molar-refractivity contribution is 5.89. The van der Waals surface area contributed by atoms with E-state index in [9.17, 15) is 4.79 Å². The number of esters is 1. The Kier molecular flexibility index (Phi) is 4.61. The molecule has 6 nitrogen and oxygen atoms in total. The van der Waals surface area contributed by atoms with Gasteiger partial charge in [-0.15, -0.1) is 0 Å². The fourth-order valence-electron chi connectivity index (χ4n) is 1.89. The van der Waals surface area contributed by atoms with Crippen LogP contribution >= 0.6 is 0 Å². The third kappa shape index (κ3) is 3.62. The number of benzene rings is 1. The summed E-state index contributed by atoms with van der Waals surface area (Å²) < 4.78 is 9.95. The van der Waals surface area contributed by atoms with Gasteiger partial charge in [-0.1, -0.05) is 0 Å². The van der Waals surface area contributed by atoms with Crippen LogP contribution in [0.25, 0.3) is 0 Å². The quantitative estimate of drug-likeness (QED) is 0.646. The molecule has 0 unspecified atom stereocenters. The standard InChI is InChI=1S/C15H17N3O3/c1-20-13-4-3-12(16)7-11(13)9-18-14-8-10(5-6-17-14)15(19)21-2/h3-8H,9,16H2,1-2H3,(H,17,18). The molecular formula is C15H17N3O3. The van der Waals surface area contributed by atoms with E-state index >= 15 is 0 Å². The maximum atomic E-state index is 11.5. The van der Waals surface area contributed by atoms with Crippen molar-refractivity contribution >= 4 is 17.5 Å². The number of nitrogens with two attached hydrogens (primary N) is 1. The van der Waals surface area contributed by atoms with Crippen LogP contribution in [0.3, 0.4) is 0 Å². The molecule has 1 heterocycles. The summed E-state index contributed by atoms with van der Waals surface area (Å²) in [5.41, 5.74) is 7.77. The highest BCUT2D eigenvalue weighted by Gasteiger charge is 2.08. The first-order chi connectivity index (χ1) is 10.1. The van der Waals surface area contributed by atoms with E-state index in [4.69, 9.17) is 10.5 Å². The van der Waals surface area contributed by atoms with Gasteiger partial charge < -0.3 is 20.5 Å². The lowest BCUT2D eigenvalue weighted by Crippen LogP contribution is -2.06. The minimum Gasteiger partial charge on any atom is -0.496 e. The van der Waals surface area contributed by atoms with E-state index < -0.39 is 5.97 Å². The monoisotopic (exact) mass is 287 g/mol. The molecule has 0 saturated carbocycles. The summed E-state index contributed by atoms with van der Waals surface area (Å²) in [6.45, 7) is 0.478. The van der Waals surface area contributed by atoms with Gasteiger partial charge in [0.05, 0.1) is 19.8 Å². The average Bonchev–Trinajstić information content (AvgIpc) is 2.52. The van der Waals surface area contributed by atoms with Crippen LogP contribution in [0.1, 0.15) is 15.9 Å². The van der Waals surface area contributed by atoms with Gasteiger partial charge in [0.15, 0.2) is 0 Å². The van der Waals surface area contributed by atoms with Gasteiger partial charge in [-0.2, -0.15) is 0 Å². The van der Waals surface area contributed by atoms with Gasteiger partial charge in [-0.05, 0) is 30.3 Å². The first-order valence-electron chi connectivity index (χ1n) is 6.34. The molecule has 110 valence electrons. The Bertz CT molecular complexity index is 644. The molecule has 3 N–H and O–H groups in total. The van der Waals surface area contributed by atoms with Gasteiger partial charge in [0.2, 0.25) is 0 Å². The van der Waals surface area contributed by atoms with Crippen LogP contribution in [-0.2, 0) is 11.3 Å². The highest BCUT2D eigenvalue weighted by Crippen LogP contribution is 2.22. The lowest BCUT2D eigenvalue weighted by molar-refractivity contribution is 0.0600. The topological polar surface area (TPSA) is 86.5 Å². The number of anilines is 2. The minimum absolute atomic E-state index is 0.401. The second-order valence-electron chi connectivity index (χ2n) is 4.35. The Morgan fingerprint density at radius 3 is 2.81 bits per heavy atom. The van der Waals surface area contributed by atoms with Crippen LogP contribution in [-0.4, -0.2) is 25.2 Å². The Labute approximate surface area is 122 Å². The molecule has 0 amide bonds. The van der Waals surface area contributed by atoms with Crippen molar-refractivity contribution in [2.24, 2.45) is 0 Å². The predicted molar refractivity (Wildman–Crippen MR) is 80.3 cm³/mol. The number of aromatic nitrogens is 1. The molecule has 6 heteroatoms. The van der Waals surface area contributed by atoms with Crippen LogP contribution in [0.4, 0.5) is 11.5 Å². The van der Waals surface area contributed by atoms with E-state index in [1.165, 1.54) is 7.11 Å². The van der Waals surface area contributed by atoms with E-state index in [-0.39, 0.29) is 0 Å². The summed E-state index contributed by atoms with van der Waals surface area (Å²) in [4.78, 5) is 15.6. The first kappa shape index (κ1) is 14.6. The molecule has 2 rings (SSSR count). The molecular weight excluding hydrogens is 270 g/mol. The highest BCUT2D eigenvalue weighted by atomic mass is 16.5. The summed E-state index contributed by atoms with van der Waals surface area (Å²) in [6, 6.07) is 8.64. The smallest absolute Gasteiger partial charge is 0.338 e. The molecule has 21 heavy (non-hydrogen) atoms. The van der Waals surface area contributed by atoms with Crippen LogP contribution in [0, 0.1) is 0 Å². The van der Waals surface area contributed by atoms with E-state index in [2.05, 4.69) is 15.0 Å². The van der Waals surface area contributed by atoms with Gasteiger partial charge in [0.1, 0.15) is 11.6 Å². The summed E-state index contributed by atoms with van der Waals surface area (Å²) in [7, 11) is 2.94. The summed E-state index contributed by atoms with van der Waals surface area (Å²) >= 11 is 0. The van der Waals surface area contributed by atoms with Crippen molar-refractivity contribution in [1.29, 1.82) is 0 Å². The Morgan fingerprint density at radius 2 is 2.10 bits per heavy atom.